The lowest BCUT2D eigenvalue weighted by atomic mass is 9.47. The molecular formula is C24H24BrClN2O3. The van der Waals surface area contributed by atoms with Crippen molar-refractivity contribution in [3.8, 4) is 5.75 Å². The lowest BCUT2D eigenvalue weighted by Crippen LogP contribution is -2.55. The van der Waals surface area contributed by atoms with Gasteiger partial charge in [-0.05, 0) is 95.8 Å². The van der Waals surface area contributed by atoms with Gasteiger partial charge in [0.25, 0.3) is 5.69 Å². The van der Waals surface area contributed by atoms with Gasteiger partial charge >= 0.3 is 0 Å². The number of nitrogens with zero attached hydrogens (tertiary/aromatic N) is 2. The van der Waals surface area contributed by atoms with Gasteiger partial charge in [-0.3, -0.25) is 15.1 Å². The summed E-state index contributed by atoms with van der Waals surface area (Å²) in [6, 6.07) is 9.10. The van der Waals surface area contributed by atoms with Crippen LogP contribution in [0.5, 0.6) is 5.75 Å². The van der Waals surface area contributed by atoms with Crippen LogP contribution in [0.25, 0.3) is 0 Å². The number of alkyl halides is 1. The summed E-state index contributed by atoms with van der Waals surface area (Å²) in [7, 11) is 0. The summed E-state index contributed by atoms with van der Waals surface area (Å²) in [6.45, 7) is 2.00. The van der Waals surface area contributed by atoms with Crippen LogP contribution in [0.1, 0.15) is 55.2 Å². The van der Waals surface area contributed by atoms with E-state index >= 15 is 0 Å². The Kier molecular flexibility index (Phi) is 4.94. The fourth-order valence-corrected chi connectivity index (χ4v) is 7.67. The van der Waals surface area contributed by atoms with E-state index in [0.29, 0.717) is 17.4 Å². The first-order valence-corrected chi connectivity index (χ1v) is 11.8. The number of aryl methyl sites for hydroxylation is 1. The third kappa shape index (κ3) is 3.68. The Labute approximate surface area is 194 Å². The smallest absolute Gasteiger partial charge is 0.271 e. The van der Waals surface area contributed by atoms with E-state index in [1.54, 1.807) is 0 Å². The number of nitro benzene ring substituents is 1. The van der Waals surface area contributed by atoms with Gasteiger partial charge in [-0.25, -0.2) is 0 Å². The second-order valence-electron chi connectivity index (χ2n) is 9.77. The number of hydrogen-bond acceptors (Lipinski definition) is 4. The van der Waals surface area contributed by atoms with E-state index in [1.165, 1.54) is 43.2 Å². The average Bonchev–Trinajstić information content (AvgIpc) is 2.67. The minimum atomic E-state index is -0.484. The predicted molar refractivity (Wildman–Crippen MR) is 126 cm³/mol. The number of aromatic hydroxyl groups is 1. The van der Waals surface area contributed by atoms with Gasteiger partial charge in [0, 0.05) is 28.8 Å². The predicted octanol–water partition coefficient (Wildman–Crippen LogP) is 6.95. The summed E-state index contributed by atoms with van der Waals surface area (Å²) in [5, 5.41) is 21.5. The van der Waals surface area contributed by atoms with Crippen LogP contribution >= 0.6 is 27.5 Å². The number of hydrogen-bond donors (Lipinski definition) is 1. The Morgan fingerprint density at radius 1 is 1.23 bits per heavy atom. The van der Waals surface area contributed by atoms with Crippen LogP contribution in [-0.4, -0.2) is 21.1 Å². The maximum atomic E-state index is 11.2. The minimum absolute atomic E-state index is 0.0561. The average molecular weight is 504 g/mol. The van der Waals surface area contributed by atoms with Crippen molar-refractivity contribution in [2.45, 2.75) is 55.7 Å². The van der Waals surface area contributed by atoms with E-state index in [0.717, 1.165) is 30.5 Å². The quantitative estimate of drug-likeness (QED) is 0.212. The topological polar surface area (TPSA) is 75.7 Å². The highest BCUT2D eigenvalue weighted by Gasteiger charge is 2.57. The normalized spacial score (nSPS) is 31.5. The largest absolute Gasteiger partial charge is 0.506 e. The highest BCUT2D eigenvalue weighted by Crippen LogP contribution is 2.64. The Morgan fingerprint density at radius 3 is 2.58 bits per heavy atom. The molecule has 0 aromatic heterocycles. The molecule has 4 fully saturated rings. The first-order valence-electron chi connectivity index (χ1n) is 10.7. The minimum Gasteiger partial charge on any atom is -0.506 e. The van der Waals surface area contributed by atoms with E-state index < -0.39 is 4.92 Å². The molecule has 31 heavy (non-hydrogen) atoms. The van der Waals surface area contributed by atoms with Crippen molar-refractivity contribution < 1.29 is 10.0 Å². The van der Waals surface area contributed by atoms with E-state index in [4.69, 9.17) is 11.6 Å². The van der Waals surface area contributed by atoms with Crippen molar-refractivity contribution in [1.29, 1.82) is 0 Å². The summed E-state index contributed by atoms with van der Waals surface area (Å²) in [4.78, 5) is 15.3. The monoisotopic (exact) mass is 502 g/mol. The summed E-state index contributed by atoms with van der Waals surface area (Å²) >= 11 is 10.2. The molecule has 2 atom stereocenters. The number of phenols is 1. The molecule has 0 radical (unpaired) electrons. The van der Waals surface area contributed by atoms with Gasteiger partial charge in [0.2, 0.25) is 0 Å². The van der Waals surface area contributed by atoms with Crippen molar-refractivity contribution in [1.82, 2.24) is 0 Å². The van der Waals surface area contributed by atoms with Crippen LogP contribution in [0.15, 0.2) is 39.8 Å². The Balaban J connectivity index is 1.50. The Bertz CT molecular complexity index is 1100. The molecule has 2 aromatic carbocycles. The number of benzene rings is 2. The van der Waals surface area contributed by atoms with Crippen LogP contribution in [-0.2, 0) is 5.41 Å². The molecule has 4 aliphatic carbocycles. The first-order chi connectivity index (χ1) is 14.7. The Hall–Kier alpha value is -1.92. The SMILES string of the molecule is Cc1ccc(C23C[C@H]4C[C@@H](CC(Cl)(C4)C2)C3)cc1N=Cc1cc([N+](=O)[O-])cc(Br)c1O. The van der Waals surface area contributed by atoms with Crippen LogP contribution in [0.4, 0.5) is 11.4 Å². The molecule has 0 aliphatic heterocycles. The summed E-state index contributed by atoms with van der Waals surface area (Å²) in [5.74, 6) is 1.37. The van der Waals surface area contributed by atoms with Crippen molar-refractivity contribution in [2.75, 3.05) is 0 Å². The fraction of sp³-hybridized carbons (Fsp3) is 0.458. The maximum Gasteiger partial charge on any atom is 0.271 e. The van der Waals surface area contributed by atoms with Gasteiger partial charge in [-0.1, -0.05) is 12.1 Å². The molecule has 1 N–H and O–H groups in total. The van der Waals surface area contributed by atoms with Gasteiger partial charge in [-0.2, -0.15) is 0 Å². The zero-order valence-electron chi connectivity index (χ0n) is 17.3. The fourth-order valence-electron chi connectivity index (χ4n) is 6.52. The van der Waals surface area contributed by atoms with Gasteiger partial charge in [0.1, 0.15) is 5.75 Å². The van der Waals surface area contributed by atoms with Crippen molar-refractivity contribution >= 4 is 45.1 Å². The molecule has 2 aromatic rings. The standard InChI is InChI=1S/C24H24BrClN2O3/c1-14-2-3-18(23-8-15-4-16(9-23)11-24(26,10-15)13-23)6-21(14)27-12-17-5-19(28(30)31)7-20(25)22(17)29/h2-3,5-7,12,15-16,29H,4,8-11,13H2,1H3/t15-,16-,23?,24?/m1/s1. The molecule has 4 aliphatic rings. The zero-order valence-corrected chi connectivity index (χ0v) is 19.6. The second kappa shape index (κ2) is 7.31. The van der Waals surface area contributed by atoms with E-state index in [1.807, 2.05) is 6.92 Å². The lowest BCUT2D eigenvalue weighted by Gasteiger charge is -2.60. The van der Waals surface area contributed by atoms with E-state index in [9.17, 15) is 15.2 Å². The molecular weight excluding hydrogens is 480 g/mol. The van der Waals surface area contributed by atoms with Crippen LogP contribution < -0.4 is 0 Å². The molecule has 7 heteroatoms. The molecule has 0 amide bonds. The van der Waals surface area contributed by atoms with Gasteiger partial charge < -0.3 is 5.11 Å². The summed E-state index contributed by atoms with van der Waals surface area (Å²) in [6.07, 6.45) is 8.52. The van der Waals surface area contributed by atoms with E-state index in [2.05, 4.69) is 39.1 Å². The molecule has 5 nitrogen and oxygen atoms in total. The molecule has 0 heterocycles. The van der Waals surface area contributed by atoms with Crippen molar-refractivity contribution in [3.05, 3.63) is 61.6 Å². The zero-order chi connectivity index (χ0) is 22.0. The van der Waals surface area contributed by atoms with E-state index in [-0.39, 0.29) is 26.2 Å². The second-order valence-corrected chi connectivity index (χ2v) is 11.4. The first kappa shape index (κ1) is 21.0. The number of phenolic OH excluding ortho intramolecular Hbond substituents is 1. The lowest BCUT2D eigenvalue weighted by molar-refractivity contribution is -0.385. The highest BCUT2D eigenvalue weighted by molar-refractivity contribution is 9.10. The van der Waals surface area contributed by atoms with Gasteiger partial charge in [0.15, 0.2) is 0 Å². The van der Waals surface area contributed by atoms with Crippen molar-refractivity contribution in [2.24, 2.45) is 16.8 Å². The molecule has 0 spiro atoms. The number of halogens is 2. The van der Waals surface area contributed by atoms with Crippen LogP contribution in [0, 0.1) is 28.9 Å². The molecule has 0 saturated heterocycles. The van der Waals surface area contributed by atoms with Crippen molar-refractivity contribution in [3.63, 3.8) is 0 Å². The Morgan fingerprint density at radius 2 is 1.94 bits per heavy atom. The number of aliphatic imine (C=N–C) groups is 1. The van der Waals surface area contributed by atoms with Gasteiger partial charge in [-0.15, -0.1) is 11.6 Å². The molecule has 6 rings (SSSR count). The summed E-state index contributed by atoms with van der Waals surface area (Å²) in [5.41, 5.74) is 3.47. The number of rotatable bonds is 4. The number of non-ortho nitro benzene ring substituents is 1. The van der Waals surface area contributed by atoms with Crippen LogP contribution in [0.3, 0.4) is 0 Å². The molecule has 0 unspecified atom stereocenters. The molecule has 162 valence electrons. The molecule has 4 saturated carbocycles. The number of nitro groups is 1. The summed E-state index contributed by atoms with van der Waals surface area (Å²) < 4.78 is 0.273. The van der Waals surface area contributed by atoms with Gasteiger partial charge in [0.05, 0.1) is 15.1 Å². The third-order valence-electron chi connectivity index (χ3n) is 7.44. The maximum absolute atomic E-state index is 11.2. The highest BCUT2D eigenvalue weighted by atomic mass is 79.9. The van der Waals surface area contributed by atoms with Crippen LogP contribution in [0.2, 0.25) is 0 Å². The molecule has 4 bridgehead atoms. The third-order valence-corrected chi connectivity index (χ3v) is 8.49.